The second-order valence-corrected chi connectivity index (χ2v) is 8.89. The number of pyridine rings is 1. The molecule has 3 aromatic rings. The van der Waals surface area contributed by atoms with E-state index >= 15 is 0 Å². The number of hydrogen-bond acceptors (Lipinski definition) is 5. The van der Waals surface area contributed by atoms with Gasteiger partial charge in [-0.25, -0.2) is 4.98 Å². The van der Waals surface area contributed by atoms with Gasteiger partial charge in [0.1, 0.15) is 24.1 Å². The molecule has 1 N–H and O–H groups in total. The highest BCUT2D eigenvalue weighted by molar-refractivity contribution is 6.05. The van der Waals surface area contributed by atoms with Gasteiger partial charge in [0.05, 0.1) is 5.52 Å². The van der Waals surface area contributed by atoms with E-state index in [2.05, 4.69) is 29.2 Å². The summed E-state index contributed by atoms with van der Waals surface area (Å²) in [7, 11) is 0. The molecule has 0 bridgehead atoms. The summed E-state index contributed by atoms with van der Waals surface area (Å²) in [5.74, 6) is 0.198. The number of carbonyl (C=O) groups is 3. The number of nitrogens with one attached hydrogen (secondary N) is 1. The van der Waals surface area contributed by atoms with Gasteiger partial charge in [-0.15, -0.1) is 0 Å². The van der Waals surface area contributed by atoms with E-state index in [1.807, 2.05) is 37.3 Å². The van der Waals surface area contributed by atoms with Crippen LogP contribution in [0.5, 0.6) is 0 Å². The summed E-state index contributed by atoms with van der Waals surface area (Å²) in [6.45, 7) is 8.00. The number of ketones is 1. The van der Waals surface area contributed by atoms with Crippen molar-refractivity contribution in [3.8, 4) is 0 Å². The number of rotatable bonds is 6. The van der Waals surface area contributed by atoms with Gasteiger partial charge in [-0.05, 0) is 49.4 Å². The summed E-state index contributed by atoms with van der Waals surface area (Å²) in [6.07, 6.45) is 1.35. The molecule has 0 unspecified atom stereocenters. The molecular weight excluding hydrogens is 418 g/mol. The van der Waals surface area contributed by atoms with E-state index in [0.29, 0.717) is 30.4 Å². The summed E-state index contributed by atoms with van der Waals surface area (Å²) in [4.78, 5) is 44.2. The van der Waals surface area contributed by atoms with Crippen molar-refractivity contribution < 1.29 is 14.4 Å². The fourth-order valence-electron chi connectivity index (χ4n) is 4.31. The Hall–Kier alpha value is -3.55. The van der Waals surface area contributed by atoms with Gasteiger partial charge in [-0.1, -0.05) is 32.0 Å². The third-order valence-corrected chi connectivity index (χ3v) is 6.08. The van der Waals surface area contributed by atoms with Crippen LogP contribution >= 0.6 is 0 Å². The highest BCUT2D eigenvalue weighted by Crippen LogP contribution is 2.26. The monoisotopic (exact) mass is 447 g/mol. The zero-order valence-electron chi connectivity index (χ0n) is 19.5. The van der Waals surface area contributed by atoms with Crippen LogP contribution < -0.4 is 5.32 Å². The molecule has 8 heteroatoms. The van der Waals surface area contributed by atoms with Crippen molar-refractivity contribution in [2.24, 2.45) is 0 Å². The molecule has 0 spiro atoms. The molecule has 3 heterocycles. The number of nitrogens with zero attached hydrogens (tertiary/aromatic N) is 4. The number of benzene rings is 1. The quantitative estimate of drug-likeness (QED) is 0.581. The van der Waals surface area contributed by atoms with Gasteiger partial charge in [-0.3, -0.25) is 19.1 Å². The minimum atomic E-state index is -0.555. The SMILES string of the molecule is CC(=O)c1nn(CC(=O)N2CCC[C@H]2C(=O)Nc2cccc(C)n2)c2cc(C(C)C)ccc12. The van der Waals surface area contributed by atoms with Crippen LogP contribution in [0, 0.1) is 6.92 Å². The first-order chi connectivity index (χ1) is 15.7. The van der Waals surface area contributed by atoms with Crippen LogP contribution in [0.3, 0.4) is 0 Å². The fourth-order valence-corrected chi connectivity index (χ4v) is 4.31. The van der Waals surface area contributed by atoms with Crippen molar-refractivity contribution >= 4 is 34.3 Å². The summed E-state index contributed by atoms with van der Waals surface area (Å²) < 4.78 is 1.59. The Morgan fingerprint density at radius 2 is 1.97 bits per heavy atom. The maximum Gasteiger partial charge on any atom is 0.248 e. The molecule has 1 atom stereocenters. The molecule has 33 heavy (non-hydrogen) atoms. The Labute approximate surface area is 193 Å². The minimum Gasteiger partial charge on any atom is -0.329 e. The molecule has 1 aliphatic heterocycles. The first-order valence-corrected chi connectivity index (χ1v) is 11.3. The fraction of sp³-hybridized carbons (Fsp3) is 0.400. The van der Waals surface area contributed by atoms with Gasteiger partial charge in [-0.2, -0.15) is 5.10 Å². The molecule has 2 amide bonds. The second kappa shape index (κ2) is 9.13. The molecule has 4 rings (SSSR count). The first-order valence-electron chi connectivity index (χ1n) is 11.3. The average Bonchev–Trinajstić information content (AvgIpc) is 3.39. The van der Waals surface area contributed by atoms with Crippen molar-refractivity contribution in [1.29, 1.82) is 0 Å². The van der Waals surface area contributed by atoms with Crippen LogP contribution in [0.15, 0.2) is 36.4 Å². The Kier molecular flexibility index (Phi) is 6.26. The molecule has 8 nitrogen and oxygen atoms in total. The van der Waals surface area contributed by atoms with Gasteiger partial charge >= 0.3 is 0 Å². The Bertz CT molecular complexity index is 1230. The molecule has 0 radical (unpaired) electrons. The van der Waals surface area contributed by atoms with Gasteiger partial charge in [0, 0.05) is 24.5 Å². The smallest absolute Gasteiger partial charge is 0.248 e. The van der Waals surface area contributed by atoms with E-state index in [9.17, 15) is 14.4 Å². The largest absolute Gasteiger partial charge is 0.329 e. The predicted octanol–water partition coefficient (Wildman–Crippen LogP) is 3.70. The maximum absolute atomic E-state index is 13.3. The van der Waals surface area contributed by atoms with Crippen molar-refractivity contribution in [1.82, 2.24) is 19.7 Å². The number of hydrogen-bond donors (Lipinski definition) is 1. The third-order valence-electron chi connectivity index (χ3n) is 6.08. The van der Waals surface area contributed by atoms with E-state index in [1.165, 1.54) is 6.92 Å². The second-order valence-electron chi connectivity index (χ2n) is 8.89. The molecule has 1 fully saturated rings. The van der Waals surface area contributed by atoms with Gasteiger partial charge in [0.15, 0.2) is 5.78 Å². The zero-order valence-corrected chi connectivity index (χ0v) is 19.5. The molecule has 1 aromatic carbocycles. The highest BCUT2D eigenvalue weighted by Gasteiger charge is 2.34. The first kappa shape index (κ1) is 22.6. The van der Waals surface area contributed by atoms with Crippen LogP contribution in [0.1, 0.15) is 61.3 Å². The number of aromatic nitrogens is 3. The average molecular weight is 448 g/mol. The Balaban J connectivity index is 1.57. The molecule has 2 aromatic heterocycles. The third kappa shape index (κ3) is 4.65. The molecule has 1 saturated heterocycles. The number of carbonyl (C=O) groups excluding carboxylic acids is 3. The summed E-state index contributed by atoms with van der Waals surface area (Å²) in [5, 5.41) is 8.03. The molecule has 0 aliphatic carbocycles. The van der Waals surface area contributed by atoms with Crippen LogP contribution in [0.4, 0.5) is 5.82 Å². The van der Waals surface area contributed by atoms with E-state index in [0.717, 1.165) is 28.6 Å². The molecular formula is C25H29N5O3. The van der Waals surface area contributed by atoms with Gasteiger partial charge < -0.3 is 10.2 Å². The lowest BCUT2D eigenvalue weighted by Crippen LogP contribution is -2.44. The molecule has 172 valence electrons. The van der Waals surface area contributed by atoms with E-state index in [1.54, 1.807) is 15.6 Å². The van der Waals surface area contributed by atoms with Crippen molar-refractivity contribution in [2.45, 2.75) is 59.0 Å². The normalized spacial score (nSPS) is 15.9. The predicted molar refractivity (Wildman–Crippen MR) is 126 cm³/mol. The van der Waals surface area contributed by atoms with E-state index in [4.69, 9.17) is 0 Å². The molecule has 0 saturated carbocycles. The van der Waals surface area contributed by atoms with Crippen molar-refractivity contribution in [3.63, 3.8) is 0 Å². The van der Waals surface area contributed by atoms with Crippen LogP contribution in [-0.2, 0) is 16.1 Å². The van der Waals surface area contributed by atoms with E-state index in [-0.39, 0.29) is 24.1 Å². The lowest BCUT2D eigenvalue weighted by molar-refractivity contribution is -0.137. The van der Waals surface area contributed by atoms with Gasteiger partial charge in [0.25, 0.3) is 0 Å². The summed E-state index contributed by atoms with van der Waals surface area (Å²) in [5.41, 5.74) is 3.02. The van der Waals surface area contributed by atoms with E-state index < -0.39 is 6.04 Å². The number of aryl methyl sites for hydroxylation is 1. The lowest BCUT2D eigenvalue weighted by atomic mass is 10.0. The zero-order chi connectivity index (χ0) is 23.7. The number of likely N-dealkylation sites (tertiary alicyclic amines) is 1. The molecule has 1 aliphatic rings. The standard InChI is InChI=1S/C25H29N5O3/c1-15(2)18-10-11-19-21(13-18)30(28-24(19)17(4)31)14-23(32)29-12-6-8-20(29)25(33)27-22-9-5-7-16(3)26-22/h5,7,9-11,13,15,20H,6,8,12,14H2,1-4H3,(H,26,27,33)/t20-/m0/s1. The number of amides is 2. The number of fused-ring (bicyclic) bond motifs is 1. The summed E-state index contributed by atoms with van der Waals surface area (Å²) >= 11 is 0. The highest BCUT2D eigenvalue weighted by atomic mass is 16.2. The maximum atomic E-state index is 13.3. The van der Waals surface area contributed by atoms with Crippen LogP contribution in [0.2, 0.25) is 0 Å². The lowest BCUT2D eigenvalue weighted by Gasteiger charge is -2.24. The number of anilines is 1. The van der Waals surface area contributed by atoms with Crippen LogP contribution in [0.25, 0.3) is 10.9 Å². The van der Waals surface area contributed by atoms with Crippen molar-refractivity contribution in [2.75, 3.05) is 11.9 Å². The van der Waals surface area contributed by atoms with Crippen molar-refractivity contribution in [3.05, 3.63) is 53.3 Å². The summed E-state index contributed by atoms with van der Waals surface area (Å²) in [6, 6.07) is 10.7. The topological polar surface area (TPSA) is 97.2 Å². The van der Waals surface area contributed by atoms with Crippen LogP contribution in [-0.4, -0.2) is 49.8 Å². The Morgan fingerprint density at radius 3 is 2.67 bits per heavy atom. The number of Topliss-reactive ketones (excluding diaryl/α,β-unsaturated/α-hetero) is 1. The van der Waals surface area contributed by atoms with Gasteiger partial charge in [0.2, 0.25) is 11.8 Å². The minimum absolute atomic E-state index is 0.0300. The Morgan fingerprint density at radius 1 is 1.18 bits per heavy atom.